The maximum atomic E-state index is 8.75. The first kappa shape index (κ1) is 15.9. The Kier molecular flexibility index (Phi) is 4.68. The number of rotatable bonds is 4. The number of benzene rings is 2. The number of anilines is 2. The van der Waals surface area contributed by atoms with Crippen LogP contribution < -0.4 is 10.6 Å². The molecule has 2 N–H and O–H groups in total. The van der Waals surface area contributed by atoms with Crippen LogP contribution in [0.2, 0.25) is 0 Å². The summed E-state index contributed by atoms with van der Waals surface area (Å²) in [4.78, 5) is 0. The smallest absolute Gasteiger partial charge is 0.181 e. The Balaban J connectivity index is 1.98. The Bertz CT molecular complexity index is 696. The lowest BCUT2D eigenvalue weighted by atomic mass is 9.65. The fourth-order valence-electron chi connectivity index (χ4n) is 3.77. The van der Waals surface area contributed by atoms with Crippen LogP contribution in [0.1, 0.15) is 43.2 Å². The summed E-state index contributed by atoms with van der Waals surface area (Å²) in [6.07, 6.45) is 9.89. The first-order valence-corrected chi connectivity index (χ1v) is 8.30. The van der Waals surface area contributed by atoms with E-state index in [-0.39, 0.29) is 5.41 Å². The molecule has 0 unspecified atom stereocenters. The minimum absolute atomic E-state index is 0.0224. The lowest BCUT2D eigenvalue weighted by molar-refractivity contribution is 0.346. The van der Waals surface area contributed by atoms with Crippen LogP contribution in [0.15, 0.2) is 48.5 Å². The third-order valence-electron chi connectivity index (χ3n) is 4.98. The molecule has 2 aromatic carbocycles. The number of hydrogen-bond donors (Lipinski definition) is 2. The minimum atomic E-state index is 0.0224. The van der Waals surface area contributed by atoms with Crippen molar-refractivity contribution in [2.24, 2.45) is 0 Å². The van der Waals surface area contributed by atoms with Gasteiger partial charge in [0.25, 0.3) is 0 Å². The quantitative estimate of drug-likeness (QED) is 0.632. The van der Waals surface area contributed by atoms with E-state index >= 15 is 0 Å². The molecule has 1 fully saturated rings. The van der Waals surface area contributed by atoms with Crippen molar-refractivity contribution in [3.8, 4) is 12.4 Å². The van der Waals surface area contributed by atoms with Gasteiger partial charge in [-0.3, -0.25) is 10.6 Å². The predicted molar refractivity (Wildman–Crippen MR) is 95.2 cm³/mol. The highest BCUT2D eigenvalue weighted by Crippen LogP contribution is 2.45. The molecule has 0 spiro atoms. The molecule has 0 atom stereocenters. The molecule has 4 heteroatoms. The van der Waals surface area contributed by atoms with Crippen molar-refractivity contribution in [3.05, 3.63) is 59.7 Å². The Morgan fingerprint density at radius 2 is 1.08 bits per heavy atom. The summed E-state index contributed by atoms with van der Waals surface area (Å²) in [5, 5.41) is 22.8. The van der Waals surface area contributed by atoms with Crippen molar-refractivity contribution in [2.75, 3.05) is 10.6 Å². The molecular weight excluding hydrogens is 296 g/mol. The molecule has 3 rings (SSSR count). The normalized spacial score (nSPS) is 15.8. The van der Waals surface area contributed by atoms with Crippen LogP contribution in [-0.2, 0) is 5.41 Å². The van der Waals surface area contributed by atoms with Gasteiger partial charge in [-0.2, -0.15) is 10.5 Å². The molecule has 0 bridgehead atoms. The van der Waals surface area contributed by atoms with Gasteiger partial charge < -0.3 is 0 Å². The topological polar surface area (TPSA) is 71.6 Å². The summed E-state index contributed by atoms with van der Waals surface area (Å²) in [5.41, 5.74) is 4.26. The lowest BCUT2D eigenvalue weighted by Crippen LogP contribution is -2.30. The second-order valence-corrected chi connectivity index (χ2v) is 6.27. The molecule has 0 radical (unpaired) electrons. The van der Waals surface area contributed by atoms with Gasteiger partial charge in [-0.15, -0.1) is 0 Å². The van der Waals surface area contributed by atoms with Crippen LogP contribution >= 0.6 is 0 Å². The summed E-state index contributed by atoms with van der Waals surface area (Å²) in [6, 6.07) is 16.4. The minimum Gasteiger partial charge on any atom is -0.293 e. The van der Waals surface area contributed by atoms with Crippen molar-refractivity contribution in [1.82, 2.24) is 0 Å². The zero-order valence-electron chi connectivity index (χ0n) is 13.5. The van der Waals surface area contributed by atoms with Crippen LogP contribution in [0.3, 0.4) is 0 Å². The second kappa shape index (κ2) is 7.06. The molecule has 0 aromatic heterocycles. The van der Waals surface area contributed by atoms with Gasteiger partial charge in [0.2, 0.25) is 0 Å². The Morgan fingerprint density at radius 3 is 1.46 bits per heavy atom. The molecule has 0 heterocycles. The van der Waals surface area contributed by atoms with Gasteiger partial charge in [0.05, 0.1) is 0 Å². The average molecular weight is 316 g/mol. The van der Waals surface area contributed by atoms with Gasteiger partial charge >= 0.3 is 0 Å². The van der Waals surface area contributed by atoms with Crippen LogP contribution in [0.25, 0.3) is 0 Å². The van der Waals surface area contributed by atoms with Gasteiger partial charge in [0.1, 0.15) is 0 Å². The van der Waals surface area contributed by atoms with E-state index in [1.807, 2.05) is 36.7 Å². The summed E-state index contributed by atoms with van der Waals surface area (Å²) in [6.45, 7) is 0. The number of hydrogen-bond acceptors (Lipinski definition) is 4. The lowest BCUT2D eigenvalue weighted by Gasteiger charge is -2.38. The number of nitrogens with one attached hydrogen (secondary N) is 2. The molecule has 1 aliphatic rings. The third kappa shape index (κ3) is 3.05. The van der Waals surface area contributed by atoms with E-state index in [2.05, 4.69) is 34.9 Å². The second-order valence-electron chi connectivity index (χ2n) is 6.27. The van der Waals surface area contributed by atoms with Gasteiger partial charge in [0.15, 0.2) is 12.4 Å². The molecule has 2 aromatic rings. The van der Waals surface area contributed by atoms with Gasteiger partial charge in [-0.05, 0) is 48.2 Å². The summed E-state index contributed by atoms with van der Waals surface area (Å²) >= 11 is 0. The maximum absolute atomic E-state index is 8.75. The Morgan fingerprint density at radius 1 is 0.667 bits per heavy atom. The summed E-state index contributed by atoms with van der Waals surface area (Å²) < 4.78 is 0. The molecule has 1 saturated carbocycles. The first-order chi connectivity index (χ1) is 11.8. The maximum Gasteiger partial charge on any atom is 0.181 e. The molecule has 0 aliphatic heterocycles. The van der Waals surface area contributed by atoms with Gasteiger partial charge in [-0.1, -0.05) is 43.5 Å². The molecule has 1 aliphatic carbocycles. The molecular formula is C20H20N4. The zero-order chi connectivity index (χ0) is 16.8. The number of nitrogens with zero attached hydrogens (tertiary/aromatic N) is 2. The SMILES string of the molecule is N#CNc1ccc(C2(c3ccc(NC#N)cc3)CCCCC2)cc1. The van der Waals surface area contributed by atoms with Crippen molar-refractivity contribution < 1.29 is 0 Å². The highest BCUT2D eigenvalue weighted by Gasteiger charge is 2.35. The van der Waals surface area contributed by atoms with Crippen LogP contribution in [0.4, 0.5) is 11.4 Å². The molecule has 0 saturated heterocycles. The highest BCUT2D eigenvalue weighted by molar-refractivity contribution is 5.53. The third-order valence-corrected chi connectivity index (χ3v) is 4.98. The van der Waals surface area contributed by atoms with E-state index in [1.165, 1.54) is 30.4 Å². The van der Waals surface area contributed by atoms with E-state index in [0.29, 0.717) is 0 Å². The summed E-state index contributed by atoms with van der Waals surface area (Å²) in [5.74, 6) is 0. The van der Waals surface area contributed by atoms with Crippen molar-refractivity contribution >= 4 is 11.4 Å². The van der Waals surface area contributed by atoms with E-state index in [1.54, 1.807) is 0 Å². The van der Waals surface area contributed by atoms with Crippen LogP contribution in [0.5, 0.6) is 0 Å². The van der Waals surface area contributed by atoms with E-state index in [9.17, 15) is 0 Å². The zero-order valence-corrected chi connectivity index (χ0v) is 13.5. The molecule has 24 heavy (non-hydrogen) atoms. The molecule has 120 valence electrons. The standard InChI is InChI=1S/C20H20N4/c21-14-23-18-8-4-16(5-9-18)20(12-2-1-3-13-20)17-6-10-19(11-7-17)24-15-22/h4-11,23-24H,1-3,12-13H2. The fraction of sp³-hybridized carbons (Fsp3) is 0.300. The molecule has 4 nitrogen and oxygen atoms in total. The van der Waals surface area contributed by atoms with E-state index in [4.69, 9.17) is 10.5 Å². The highest BCUT2D eigenvalue weighted by atomic mass is 14.9. The van der Waals surface area contributed by atoms with E-state index in [0.717, 1.165) is 24.2 Å². The monoisotopic (exact) mass is 316 g/mol. The van der Waals surface area contributed by atoms with Gasteiger partial charge in [0, 0.05) is 16.8 Å². The molecule has 0 amide bonds. The number of nitriles is 2. The van der Waals surface area contributed by atoms with E-state index < -0.39 is 0 Å². The first-order valence-electron chi connectivity index (χ1n) is 8.30. The fourth-order valence-corrected chi connectivity index (χ4v) is 3.77. The Hall–Kier alpha value is -2.98. The van der Waals surface area contributed by atoms with Crippen molar-refractivity contribution in [3.63, 3.8) is 0 Å². The average Bonchev–Trinajstić information content (AvgIpc) is 2.64. The Labute approximate surface area is 142 Å². The predicted octanol–water partition coefficient (Wildman–Crippen LogP) is 4.72. The summed E-state index contributed by atoms with van der Waals surface area (Å²) in [7, 11) is 0. The van der Waals surface area contributed by atoms with Gasteiger partial charge in [-0.25, -0.2) is 0 Å². The van der Waals surface area contributed by atoms with Crippen molar-refractivity contribution in [2.45, 2.75) is 37.5 Å². The van der Waals surface area contributed by atoms with Crippen LogP contribution in [0, 0.1) is 22.9 Å². The largest absolute Gasteiger partial charge is 0.293 e. The van der Waals surface area contributed by atoms with Crippen LogP contribution in [-0.4, -0.2) is 0 Å². The van der Waals surface area contributed by atoms with Crippen molar-refractivity contribution in [1.29, 1.82) is 10.5 Å².